The predicted octanol–water partition coefficient (Wildman–Crippen LogP) is 4.32. The third-order valence-corrected chi connectivity index (χ3v) is 6.00. The van der Waals surface area contributed by atoms with E-state index in [1.807, 2.05) is 13.8 Å². The molecule has 5 rings (SSSR count). The van der Waals surface area contributed by atoms with Gasteiger partial charge in [-0.15, -0.1) is 0 Å². The number of hydrogen-bond donors (Lipinski definition) is 0. The molecular formula is C25H28N7O2. The van der Waals surface area contributed by atoms with E-state index in [1.54, 1.807) is 23.0 Å². The van der Waals surface area contributed by atoms with Gasteiger partial charge in [0.1, 0.15) is 24.0 Å². The lowest BCUT2D eigenvalue weighted by Gasteiger charge is -2.20. The molecule has 0 saturated carbocycles. The van der Waals surface area contributed by atoms with Crippen molar-refractivity contribution in [3.05, 3.63) is 65.1 Å². The van der Waals surface area contributed by atoms with Crippen LogP contribution < -0.4 is 0 Å². The Kier molecular flexibility index (Phi) is 6.35. The number of fused-ring (bicyclic) bond motifs is 1. The van der Waals surface area contributed by atoms with Crippen molar-refractivity contribution >= 4 is 17.7 Å². The summed E-state index contributed by atoms with van der Waals surface area (Å²) in [5.41, 5.74) is 3.64. The molecule has 0 bridgehead atoms. The first-order valence-corrected chi connectivity index (χ1v) is 11.3. The number of aliphatic imine (C=N–C) groups is 1. The van der Waals surface area contributed by atoms with Crippen LogP contribution in [0.25, 0.3) is 5.70 Å². The Morgan fingerprint density at radius 1 is 1.26 bits per heavy atom. The highest BCUT2D eigenvalue weighted by molar-refractivity contribution is 5.85. The summed E-state index contributed by atoms with van der Waals surface area (Å²) in [4.78, 5) is 10.6. The summed E-state index contributed by atoms with van der Waals surface area (Å²) in [6.45, 7) is 15.0. The van der Waals surface area contributed by atoms with Crippen LogP contribution in [-0.4, -0.2) is 44.8 Å². The fourth-order valence-corrected chi connectivity index (χ4v) is 4.05. The molecule has 0 N–H and O–H groups in total. The molecule has 175 valence electrons. The smallest absolute Gasteiger partial charge is 0.248 e. The van der Waals surface area contributed by atoms with Gasteiger partial charge in [0.2, 0.25) is 5.89 Å². The third kappa shape index (κ3) is 4.13. The molecule has 0 aliphatic carbocycles. The molecule has 2 aliphatic rings. The Morgan fingerprint density at radius 3 is 2.71 bits per heavy atom. The number of ether oxygens (including phenoxy) is 1. The van der Waals surface area contributed by atoms with Crippen LogP contribution in [0.3, 0.4) is 0 Å². The van der Waals surface area contributed by atoms with E-state index in [0.29, 0.717) is 35.4 Å². The lowest BCUT2D eigenvalue weighted by molar-refractivity contribution is 0.104. The number of aromatic nitrogens is 4. The zero-order chi connectivity index (χ0) is 24.5. The van der Waals surface area contributed by atoms with E-state index in [4.69, 9.17) is 15.8 Å². The van der Waals surface area contributed by atoms with Gasteiger partial charge >= 0.3 is 0 Å². The molecule has 2 atom stereocenters. The van der Waals surface area contributed by atoms with Gasteiger partial charge in [-0.2, -0.15) is 15.3 Å². The summed E-state index contributed by atoms with van der Waals surface area (Å²) in [5.74, 6) is 0.968. The number of nitrogens with zero attached hydrogens (tertiary/aromatic N) is 7. The maximum atomic E-state index is 9.41. The molecule has 2 aromatic heterocycles. The summed E-state index contributed by atoms with van der Waals surface area (Å²) in [6.07, 6.45) is 2.30. The summed E-state index contributed by atoms with van der Waals surface area (Å²) < 4.78 is 13.2. The molecule has 1 fully saturated rings. The minimum absolute atomic E-state index is 0.0123. The fraction of sp³-hybridized carbons (Fsp3) is 0.400. The van der Waals surface area contributed by atoms with Gasteiger partial charge < -0.3 is 14.2 Å². The quantitative estimate of drug-likeness (QED) is 0.573. The van der Waals surface area contributed by atoms with Crippen LogP contribution in [0.2, 0.25) is 0 Å². The zero-order valence-electron chi connectivity index (χ0n) is 20.1. The molecule has 2 aliphatic heterocycles. The summed E-state index contributed by atoms with van der Waals surface area (Å²) >= 11 is 0. The maximum Gasteiger partial charge on any atom is 0.248 e. The fourth-order valence-electron chi connectivity index (χ4n) is 4.05. The van der Waals surface area contributed by atoms with E-state index < -0.39 is 0 Å². The van der Waals surface area contributed by atoms with Crippen molar-refractivity contribution in [1.29, 1.82) is 5.26 Å². The number of benzene rings is 1. The molecule has 1 aromatic carbocycles. The van der Waals surface area contributed by atoms with Gasteiger partial charge in [0.25, 0.3) is 0 Å². The molecule has 9 nitrogen and oxygen atoms in total. The van der Waals surface area contributed by atoms with Gasteiger partial charge in [0.15, 0.2) is 11.5 Å². The average Bonchev–Trinajstić information content (AvgIpc) is 3.57. The van der Waals surface area contributed by atoms with Crippen LogP contribution in [0.5, 0.6) is 0 Å². The van der Waals surface area contributed by atoms with Gasteiger partial charge in [-0.25, -0.2) is 4.99 Å². The van der Waals surface area contributed by atoms with Crippen molar-refractivity contribution < 1.29 is 9.26 Å². The highest BCUT2D eigenvalue weighted by Crippen LogP contribution is 2.42. The highest BCUT2D eigenvalue weighted by Gasteiger charge is 2.42. The summed E-state index contributed by atoms with van der Waals surface area (Å²) in [6, 6.07) is 10.4. The van der Waals surface area contributed by atoms with Crippen molar-refractivity contribution in [3.8, 4) is 6.07 Å². The number of aryl methyl sites for hydroxylation is 1. The Balaban J connectivity index is 0.00000133. The monoisotopic (exact) mass is 458 g/mol. The first-order valence-electron chi connectivity index (χ1n) is 11.3. The van der Waals surface area contributed by atoms with Crippen LogP contribution in [0.4, 0.5) is 5.69 Å². The Bertz CT molecular complexity index is 1270. The molecule has 3 aromatic rings. The lowest BCUT2D eigenvalue weighted by Crippen LogP contribution is -2.23. The summed E-state index contributed by atoms with van der Waals surface area (Å²) in [7, 11) is 1.78. The van der Waals surface area contributed by atoms with E-state index in [1.165, 1.54) is 5.56 Å². The van der Waals surface area contributed by atoms with E-state index in [9.17, 15) is 5.26 Å². The molecular weight excluding hydrogens is 430 g/mol. The Labute approximate surface area is 199 Å². The molecule has 9 heteroatoms. The molecule has 1 saturated heterocycles. The van der Waals surface area contributed by atoms with Crippen molar-refractivity contribution in [3.63, 3.8) is 0 Å². The van der Waals surface area contributed by atoms with Gasteiger partial charge in [0.05, 0.1) is 30.2 Å². The van der Waals surface area contributed by atoms with Crippen LogP contribution in [0.15, 0.2) is 33.8 Å². The molecule has 0 unspecified atom stereocenters. The van der Waals surface area contributed by atoms with Gasteiger partial charge in [0, 0.05) is 7.05 Å². The van der Waals surface area contributed by atoms with Gasteiger partial charge in [-0.1, -0.05) is 48.8 Å². The minimum Gasteiger partial charge on any atom is -0.372 e. The minimum atomic E-state index is -0.367. The van der Waals surface area contributed by atoms with Crippen molar-refractivity contribution in [2.45, 2.75) is 52.2 Å². The second-order valence-corrected chi connectivity index (χ2v) is 8.54. The first kappa shape index (κ1) is 23.4. The average molecular weight is 459 g/mol. The Morgan fingerprint density at radius 2 is 2.00 bits per heavy atom. The van der Waals surface area contributed by atoms with E-state index >= 15 is 0 Å². The second kappa shape index (κ2) is 9.23. The van der Waals surface area contributed by atoms with Crippen LogP contribution in [0, 0.1) is 24.8 Å². The van der Waals surface area contributed by atoms with E-state index in [2.05, 4.69) is 64.4 Å². The molecule has 4 heterocycles. The molecule has 0 amide bonds. The SMILES string of the molecule is CC.[CH]=C1c2c(c(C#N)nn2Cc2nc([C@]3(C)CO[C@@H](c4ccc(C)cc4)C3)no2)N=CN1C. The predicted molar refractivity (Wildman–Crippen MR) is 127 cm³/mol. The number of nitriles is 1. The second-order valence-electron chi connectivity index (χ2n) is 8.54. The number of hydrogen-bond acceptors (Lipinski definition) is 8. The van der Waals surface area contributed by atoms with Crippen molar-refractivity contribution in [2.24, 2.45) is 4.99 Å². The molecule has 34 heavy (non-hydrogen) atoms. The normalized spacial score (nSPS) is 21.1. The van der Waals surface area contributed by atoms with Crippen LogP contribution in [0.1, 0.15) is 67.5 Å². The maximum absolute atomic E-state index is 9.41. The zero-order valence-corrected chi connectivity index (χ0v) is 20.1. The number of rotatable bonds is 4. The van der Waals surface area contributed by atoms with Crippen molar-refractivity contribution in [1.82, 2.24) is 24.8 Å². The van der Waals surface area contributed by atoms with Gasteiger partial charge in [-0.3, -0.25) is 4.68 Å². The van der Waals surface area contributed by atoms with Crippen molar-refractivity contribution in [2.75, 3.05) is 13.7 Å². The van der Waals surface area contributed by atoms with E-state index in [-0.39, 0.29) is 23.8 Å². The summed E-state index contributed by atoms with van der Waals surface area (Å²) in [5, 5.41) is 18.0. The third-order valence-electron chi connectivity index (χ3n) is 6.00. The van der Waals surface area contributed by atoms with E-state index in [0.717, 1.165) is 12.0 Å². The molecule has 1 radical (unpaired) electrons. The standard InChI is InChI=1S/C23H22N7O2.C2H6/c1-14-5-7-16(8-6-14)18-9-23(3,12-31-18)22-26-19(32-28-22)11-30-21-15(2)29(4)13-25-20(21)17(10-24)27-30;1-2/h2,5-8,13,18H,9,11-12H2,1,3-4H3;1-2H3/t18-,23+;/m1./s1. The lowest BCUT2D eigenvalue weighted by atomic mass is 9.85. The topological polar surface area (TPSA) is 105 Å². The molecule has 0 spiro atoms. The first-order chi connectivity index (χ1) is 16.4. The highest BCUT2D eigenvalue weighted by atomic mass is 16.5. The van der Waals surface area contributed by atoms with Crippen LogP contribution >= 0.6 is 0 Å². The van der Waals surface area contributed by atoms with Gasteiger partial charge in [-0.05, 0) is 32.4 Å². The largest absolute Gasteiger partial charge is 0.372 e. The Hall–Kier alpha value is -3.77. The van der Waals surface area contributed by atoms with Crippen LogP contribution in [-0.2, 0) is 16.7 Å².